The molecule has 5 heteroatoms. The van der Waals surface area contributed by atoms with Crippen LogP contribution in [0.5, 0.6) is 0 Å². The predicted molar refractivity (Wildman–Crippen MR) is 63.2 cm³/mol. The van der Waals surface area contributed by atoms with Crippen molar-refractivity contribution in [1.82, 2.24) is 4.98 Å². The number of carbonyl (C=O) groups excluding carboxylic acids is 1. The Balaban J connectivity index is 2.37. The summed E-state index contributed by atoms with van der Waals surface area (Å²) in [5, 5.41) is 0.412. The lowest BCUT2D eigenvalue weighted by molar-refractivity contribution is 0.0525. The summed E-state index contributed by atoms with van der Waals surface area (Å²) in [4.78, 5) is 15.9. The number of rotatable bonds is 2. The highest BCUT2D eigenvalue weighted by Gasteiger charge is 2.20. The fourth-order valence-electron chi connectivity index (χ4n) is 1.80. The average molecular weight is 256 g/mol. The molecule has 0 atom stereocenters. The second-order valence-corrected chi connectivity index (χ2v) is 4.17. The van der Waals surface area contributed by atoms with Gasteiger partial charge in [0.05, 0.1) is 23.8 Å². The van der Waals surface area contributed by atoms with Crippen molar-refractivity contribution < 1.29 is 14.3 Å². The molecule has 0 amide bonds. The molecule has 0 bridgehead atoms. The van der Waals surface area contributed by atoms with E-state index in [-0.39, 0.29) is 0 Å². The first kappa shape index (κ1) is 12.3. The molecule has 0 radical (unpaired) electrons. The van der Waals surface area contributed by atoms with Gasteiger partial charge in [-0.15, -0.1) is 0 Å². The zero-order valence-electron chi connectivity index (χ0n) is 9.66. The van der Waals surface area contributed by atoms with Crippen LogP contribution in [0.3, 0.4) is 0 Å². The summed E-state index contributed by atoms with van der Waals surface area (Å²) in [6.07, 6.45) is 3.25. The lowest BCUT2D eigenvalue weighted by atomic mass is 10.1. The maximum Gasteiger partial charge on any atom is 0.341 e. The third kappa shape index (κ3) is 2.58. The lowest BCUT2D eigenvalue weighted by Gasteiger charge is -2.10. The minimum atomic E-state index is -0.433. The predicted octanol–water partition coefficient (Wildman–Crippen LogP) is 2.37. The molecule has 0 unspecified atom stereocenters. The Morgan fingerprint density at radius 1 is 1.65 bits per heavy atom. The average Bonchev–Trinajstić information content (AvgIpc) is 2.55. The highest BCUT2D eigenvalue weighted by molar-refractivity contribution is 6.34. The topological polar surface area (TPSA) is 48.4 Å². The van der Waals surface area contributed by atoms with E-state index in [0.29, 0.717) is 30.4 Å². The zero-order valence-corrected chi connectivity index (χ0v) is 10.4. The smallest absolute Gasteiger partial charge is 0.341 e. The molecule has 1 aromatic rings. The maximum absolute atomic E-state index is 11.6. The summed E-state index contributed by atoms with van der Waals surface area (Å²) in [6, 6.07) is 0. The van der Waals surface area contributed by atoms with Crippen LogP contribution in [-0.2, 0) is 22.5 Å². The molecule has 1 aliphatic heterocycles. The molecule has 92 valence electrons. The summed E-state index contributed by atoms with van der Waals surface area (Å²) < 4.78 is 10.3. The van der Waals surface area contributed by atoms with Gasteiger partial charge in [-0.05, 0) is 19.8 Å². The molecule has 4 nitrogen and oxygen atoms in total. The van der Waals surface area contributed by atoms with Crippen molar-refractivity contribution in [3.63, 3.8) is 0 Å². The second kappa shape index (κ2) is 5.47. The van der Waals surface area contributed by atoms with Crippen LogP contribution in [0.25, 0.3) is 0 Å². The summed E-state index contributed by atoms with van der Waals surface area (Å²) >= 11 is 6.21. The third-order valence-corrected chi connectivity index (χ3v) is 3.07. The first-order valence-corrected chi connectivity index (χ1v) is 6.03. The zero-order chi connectivity index (χ0) is 12.3. The summed E-state index contributed by atoms with van der Waals surface area (Å²) in [5.74, 6) is -0.433. The van der Waals surface area contributed by atoms with Gasteiger partial charge in [-0.1, -0.05) is 11.6 Å². The van der Waals surface area contributed by atoms with Crippen molar-refractivity contribution in [3.05, 3.63) is 28.0 Å². The van der Waals surface area contributed by atoms with Gasteiger partial charge < -0.3 is 9.47 Å². The molecule has 0 fully saturated rings. The number of hydrogen-bond acceptors (Lipinski definition) is 4. The van der Waals surface area contributed by atoms with Gasteiger partial charge in [0.25, 0.3) is 0 Å². The van der Waals surface area contributed by atoms with Crippen molar-refractivity contribution in [2.24, 2.45) is 0 Å². The molecule has 0 aromatic carbocycles. The number of fused-ring (bicyclic) bond motifs is 1. The van der Waals surface area contributed by atoms with E-state index >= 15 is 0 Å². The Bertz CT molecular complexity index is 434. The monoisotopic (exact) mass is 255 g/mol. The van der Waals surface area contributed by atoms with E-state index in [4.69, 9.17) is 21.1 Å². The molecule has 0 saturated heterocycles. The van der Waals surface area contributed by atoms with Gasteiger partial charge in [-0.25, -0.2) is 4.79 Å². The van der Waals surface area contributed by atoms with Crippen LogP contribution in [0, 0.1) is 0 Å². The molecule has 1 aromatic heterocycles. The molecule has 2 rings (SSSR count). The lowest BCUT2D eigenvalue weighted by Crippen LogP contribution is -2.09. The molecule has 17 heavy (non-hydrogen) atoms. The Morgan fingerprint density at radius 3 is 3.24 bits per heavy atom. The number of esters is 1. The largest absolute Gasteiger partial charge is 0.462 e. The van der Waals surface area contributed by atoms with E-state index in [2.05, 4.69) is 4.98 Å². The van der Waals surface area contributed by atoms with Gasteiger partial charge in [0.15, 0.2) is 0 Å². The quantitative estimate of drug-likeness (QED) is 0.762. The minimum Gasteiger partial charge on any atom is -0.462 e. The fraction of sp³-hybridized carbons (Fsp3) is 0.500. The number of nitrogens with zero attached hydrogens (tertiary/aromatic N) is 1. The van der Waals surface area contributed by atoms with Crippen LogP contribution < -0.4 is 0 Å². The summed E-state index contributed by atoms with van der Waals surface area (Å²) in [5.41, 5.74) is 2.05. The van der Waals surface area contributed by atoms with Crippen LogP contribution in [0.1, 0.15) is 35.0 Å². The SMILES string of the molecule is CCOC(=O)c1cnc2c(c1Cl)COCCC2. The van der Waals surface area contributed by atoms with Crippen molar-refractivity contribution in [1.29, 1.82) is 0 Å². The number of aryl methyl sites for hydroxylation is 1. The third-order valence-electron chi connectivity index (χ3n) is 2.64. The molecule has 2 heterocycles. The van der Waals surface area contributed by atoms with E-state index < -0.39 is 5.97 Å². The number of halogens is 1. The number of carbonyl (C=O) groups is 1. The first-order chi connectivity index (χ1) is 8.24. The van der Waals surface area contributed by atoms with E-state index in [1.54, 1.807) is 6.92 Å². The highest BCUT2D eigenvalue weighted by atomic mass is 35.5. The Morgan fingerprint density at radius 2 is 2.47 bits per heavy atom. The van der Waals surface area contributed by atoms with Gasteiger partial charge in [0.2, 0.25) is 0 Å². The van der Waals surface area contributed by atoms with E-state index in [1.807, 2.05) is 0 Å². The van der Waals surface area contributed by atoms with Crippen molar-refractivity contribution in [2.75, 3.05) is 13.2 Å². The molecule has 0 aliphatic carbocycles. The van der Waals surface area contributed by atoms with Gasteiger partial charge in [0.1, 0.15) is 0 Å². The van der Waals surface area contributed by atoms with Crippen LogP contribution in [0.2, 0.25) is 5.02 Å². The summed E-state index contributed by atoms with van der Waals surface area (Å²) in [6.45, 7) is 3.18. The molecular formula is C12H14ClNO3. The van der Waals surface area contributed by atoms with Crippen LogP contribution in [0.15, 0.2) is 6.20 Å². The fourth-order valence-corrected chi connectivity index (χ4v) is 2.09. The molecule has 0 N–H and O–H groups in total. The summed E-state index contributed by atoms with van der Waals surface area (Å²) in [7, 11) is 0. The molecule has 0 spiro atoms. The van der Waals surface area contributed by atoms with Crippen LogP contribution >= 0.6 is 11.6 Å². The second-order valence-electron chi connectivity index (χ2n) is 3.79. The van der Waals surface area contributed by atoms with Crippen molar-refractivity contribution in [3.8, 4) is 0 Å². The van der Waals surface area contributed by atoms with E-state index in [9.17, 15) is 4.79 Å². The minimum absolute atomic E-state index is 0.317. The molecule has 0 saturated carbocycles. The number of ether oxygens (including phenoxy) is 2. The van der Waals surface area contributed by atoms with Gasteiger partial charge >= 0.3 is 5.97 Å². The van der Waals surface area contributed by atoms with Crippen LogP contribution in [0.4, 0.5) is 0 Å². The highest BCUT2D eigenvalue weighted by Crippen LogP contribution is 2.27. The number of pyridine rings is 1. The van der Waals surface area contributed by atoms with Gasteiger partial charge in [0, 0.05) is 24.1 Å². The maximum atomic E-state index is 11.6. The number of hydrogen-bond donors (Lipinski definition) is 0. The molecular weight excluding hydrogens is 242 g/mol. The van der Waals surface area contributed by atoms with Gasteiger partial charge in [-0.2, -0.15) is 0 Å². The first-order valence-electron chi connectivity index (χ1n) is 5.65. The normalized spacial score (nSPS) is 14.9. The van der Waals surface area contributed by atoms with E-state index in [0.717, 1.165) is 24.1 Å². The Hall–Kier alpha value is -1.13. The standard InChI is InChI=1S/C12H14ClNO3/c1-2-17-12(15)8-6-14-10-4-3-5-16-7-9(10)11(8)13/h6H,2-5,7H2,1H3. The van der Waals surface area contributed by atoms with E-state index in [1.165, 1.54) is 6.20 Å². The Kier molecular flexibility index (Phi) is 3.97. The van der Waals surface area contributed by atoms with Crippen molar-refractivity contribution in [2.45, 2.75) is 26.4 Å². The molecule has 1 aliphatic rings. The van der Waals surface area contributed by atoms with Gasteiger partial charge in [-0.3, -0.25) is 4.98 Å². The van der Waals surface area contributed by atoms with Crippen molar-refractivity contribution >= 4 is 17.6 Å². The van der Waals surface area contributed by atoms with Crippen LogP contribution in [-0.4, -0.2) is 24.2 Å². The Labute approximate surface area is 105 Å². The number of aromatic nitrogens is 1.